The molecule has 1 unspecified atom stereocenters. The number of carbonyl (C=O) groups is 1. The maximum absolute atomic E-state index is 13.5. The van der Waals surface area contributed by atoms with E-state index in [-0.39, 0.29) is 27.7 Å². The fourth-order valence-electron chi connectivity index (χ4n) is 2.37. The quantitative estimate of drug-likeness (QED) is 0.870. The molecule has 1 heterocycles. The Hall–Kier alpha value is -0.990. The standard InChI is InChI=1S/C13H16BrFN2O3S/c1-16-13(18)9-3-2-6-17(8-9)21(19,20)10-4-5-11(14)12(15)7-10/h4-5,7,9H,2-3,6,8H2,1H3,(H,16,18). The van der Waals surface area contributed by atoms with Crippen LogP contribution in [0.5, 0.6) is 0 Å². The summed E-state index contributed by atoms with van der Waals surface area (Å²) in [7, 11) is -2.26. The van der Waals surface area contributed by atoms with Crippen LogP contribution < -0.4 is 5.32 Å². The molecule has 1 aromatic rings. The number of nitrogens with one attached hydrogen (secondary N) is 1. The van der Waals surface area contributed by atoms with Crippen LogP contribution in [0.25, 0.3) is 0 Å². The summed E-state index contributed by atoms with van der Waals surface area (Å²) in [6.45, 7) is 0.465. The van der Waals surface area contributed by atoms with Crippen LogP contribution in [-0.2, 0) is 14.8 Å². The van der Waals surface area contributed by atoms with E-state index < -0.39 is 15.8 Å². The van der Waals surface area contributed by atoms with E-state index >= 15 is 0 Å². The SMILES string of the molecule is CNC(=O)C1CCCN(S(=O)(=O)c2ccc(Br)c(F)c2)C1. The number of benzene rings is 1. The lowest BCUT2D eigenvalue weighted by atomic mass is 9.99. The van der Waals surface area contributed by atoms with Gasteiger partial charge in [0.25, 0.3) is 0 Å². The molecule has 1 N–H and O–H groups in total. The minimum Gasteiger partial charge on any atom is -0.359 e. The smallest absolute Gasteiger partial charge is 0.243 e. The van der Waals surface area contributed by atoms with Gasteiger partial charge in [-0.1, -0.05) is 0 Å². The second-order valence-electron chi connectivity index (χ2n) is 4.89. The molecule has 21 heavy (non-hydrogen) atoms. The average molecular weight is 379 g/mol. The summed E-state index contributed by atoms with van der Waals surface area (Å²) < 4.78 is 40.0. The van der Waals surface area contributed by atoms with Gasteiger partial charge >= 0.3 is 0 Å². The maximum Gasteiger partial charge on any atom is 0.243 e. The maximum atomic E-state index is 13.5. The van der Waals surface area contributed by atoms with Crippen LogP contribution in [0.4, 0.5) is 4.39 Å². The van der Waals surface area contributed by atoms with E-state index in [4.69, 9.17) is 0 Å². The zero-order chi connectivity index (χ0) is 15.6. The monoisotopic (exact) mass is 378 g/mol. The van der Waals surface area contributed by atoms with E-state index in [2.05, 4.69) is 21.2 Å². The highest BCUT2D eigenvalue weighted by molar-refractivity contribution is 9.10. The van der Waals surface area contributed by atoms with Crippen molar-refractivity contribution < 1.29 is 17.6 Å². The number of carbonyl (C=O) groups excluding carboxylic acids is 1. The second-order valence-corrected chi connectivity index (χ2v) is 7.68. The van der Waals surface area contributed by atoms with Crippen LogP contribution in [0, 0.1) is 11.7 Å². The molecule has 0 bridgehead atoms. The van der Waals surface area contributed by atoms with Crippen LogP contribution in [-0.4, -0.2) is 38.8 Å². The Balaban J connectivity index is 2.26. The van der Waals surface area contributed by atoms with Gasteiger partial charge in [-0.05, 0) is 47.0 Å². The average Bonchev–Trinajstić information content (AvgIpc) is 2.49. The molecule has 1 aliphatic heterocycles. The molecule has 1 atom stereocenters. The van der Waals surface area contributed by atoms with Gasteiger partial charge < -0.3 is 5.32 Å². The van der Waals surface area contributed by atoms with Gasteiger partial charge in [-0.3, -0.25) is 4.79 Å². The summed E-state index contributed by atoms with van der Waals surface area (Å²) in [4.78, 5) is 11.6. The Kier molecular flexibility index (Phi) is 5.00. The zero-order valence-electron chi connectivity index (χ0n) is 11.5. The number of rotatable bonds is 3. The van der Waals surface area contributed by atoms with Crippen molar-refractivity contribution in [3.8, 4) is 0 Å². The summed E-state index contributed by atoms with van der Waals surface area (Å²) in [5, 5.41) is 2.54. The second kappa shape index (κ2) is 6.41. The van der Waals surface area contributed by atoms with Crippen molar-refractivity contribution in [3.05, 3.63) is 28.5 Å². The third-order valence-electron chi connectivity index (χ3n) is 3.53. The van der Waals surface area contributed by atoms with Gasteiger partial charge in [0.1, 0.15) is 5.82 Å². The molecular formula is C13H16BrFN2O3S. The van der Waals surface area contributed by atoms with E-state index in [1.54, 1.807) is 0 Å². The van der Waals surface area contributed by atoms with Crippen molar-refractivity contribution in [2.24, 2.45) is 5.92 Å². The molecule has 1 amide bonds. The number of piperidine rings is 1. The lowest BCUT2D eigenvalue weighted by Crippen LogP contribution is -2.44. The van der Waals surface area contributed by atoms with Gasteiger partial charge in [-0.15, -0.1) is 0 Å². The largest absolute Gasteiger partial charge is 0.359 e. The molecule has 1 aromatic carbocycles. The van der Waals surface area contributed by atoms with Crippen molar-refractivity contribution >= 4 is 31.9 Å². The molecule has 8 heteroatoms. The summed E-state index contributed by atoms with van der Waals surface area (Å²) >= 11 is 2.99. The molecule has 0 spiro atoms. The lowest BCUT2D eigenvalue weighted by Gasteiger charge is -2.31. The number of halogens is 2. The first kappa shape index (κ1) is 16.4. The molecule has 0 radical (unpaired) electrons. The van der Waals surface area contributed by atoms with Crippen molar-refractivity contribution in [2.75, 3.05) is 20.1 Å². The predicted molar refractivity (Wildman–Crippen MR) is 79.6 cm³/mol. The van der Waals surface area contributed by atoms with E-state index in [0.717, 1.165) is 6.07 Å². The van der Waals surface area contributed by atoms with Gasteiger partial charge in [0.05, 0.1) is 15.3 Å². The Morgan fingerprint density at radius 1 is 1.48 bits per heavy atom. The number of hydrogen-bond acceptors (Lipinski definition) is 3. The number of amides is 1. The summed E-state index contributed by atoms with van der Waals surface area (Å²) in [5.41, 5.74) is 0. The highest BCUT2D eigenvalue weighted by atomic mass is 79.9. The third kappa shape index (κ3) is 3.44. The molecule has 2 rings (SSSR count). The molecular weight excluding hydrogens is 363 g/mol. The zero-order valence-corrected chi connectivity index (χ0v) is 13.9. The fourth-order valence-corrected chi connectivity index (χ4v) is 4.15. The van der Waals surface area contributed by atoms with Gasteiger partial charge in [-0.25, -0.2) is 12.8 Å². The van der Waals surface area contributed by atoms with Crippen LogP contribution in [0.1, 0.15) is 12.8 Å². The van der Waals surface area contributed by atoms with Gasteiger partial charge in [0, 0.05) is 20.1 Å². The first-order chi connectivity index (χ1) is 9.86. The fraction of sp³-hybridized carbons (Fsp3) is 0.462. The summed E-state index contributed by atoms with van der Waals surface area (Å²) in [5.74, 6) is -1.16. The minimum absolute atomic E-state index is 0.0965. The van der Waals surface area contributed by atoms with Gasteiger partial charge in [0.2, 0.25) is 15.9 Å². The van der Waals surface area contributed by atoms with E-state index in [1.165, 1.54) is 23.5 Å². The third-order valence-corrected chi connectivity index (χ3v) is 6.03. The normalized spacial score (nSPS) is 20.2. The Bertz CT molecular complexity index is 651. The van der Waals surface area contributed by atoms with E-state index in [9.17, 15) is 17.6 Å². The van der Waals surface area contributed by atoms with E-state index in [0.29, 0.717) is 19.4 Å². The van der Waals surface area contributed by atoms with Crippen LogP contribution in [0.15, 0.2) is 27.6 Å². The number of sulfonamides is 1. The highest BCUT2D eigenvalue weighted by Crippen LogP contribution is 2.26. The predicted octanol–water partition coefficient (Wildman–Crippen LogP) is 1.73. The number of nitrogens with zero attached hydrogens (tertiary/aromatic N) is 1. The number of hydrogen-bond donors (Lipinski definition) is 1. The van der Waals surface area contributed by atoms with Crippen LogP contribution >= 0.6 is 15.9 Å². The molecule has 1 aliphatic rings. The van der Waals surface area contributed by atoms with Crippen molar-refractivity contribution in [1.29, 1.82) is 0 Å². The molecule has 5 nitrogen and oxygen atoms in total. The summed E-state index contributed by atoms with van der Waals surface area (Å²) in [6, 6.07) is 3.71. The minimum atomic E-state index is -3.78. The lowest BCUT2D eigenvalue weighted by molar-refractivity contribution is -0.125. The Morgan fingerprint density at radius 3 is 2.81 bits per heavy atom. The first-order valence-corrected chi connectivity index (χ1v) is 8.76. The Labute approximate surface area is 131 Å². The highest BCUT2D eigenvalue weighted by Gasteiger charge is 2.33. The van der Waals surface area contributed by atoms with Crippen molar-refractivity contribution in [2.45, 2.75) is 17.7 Å². The molecule has 1 fully saturated rings. The summed E-state index contributed by atoms with van der Waals surface area (Å²) in [6.07, 6.45) is 1.26. The van der Waals surface area contributed by atoms with Crippen LogP contribution in [0.2, 0.25) is 0 Å². The first-order valence-electron chi connectivity index (χ1n) is 6.53. The molecule has 116 valence electrons. The Morgan fingerprint density at radius 2 is 2.19 bits per heavy atom. The molecule has 1 saturated heterocycles. The van der Waals surface area contributed by atoms with E-state index in [1.807, 2.05) is 0 Å². The molecule has 0 aliphatic carbocycles. The molecule has 0 aromatic heterocycles. The van der Waals surface area contributed by atoms with Gasteiger partial charge in [-0.2, -0.15) is 4.31 Å². The topological polar surface area (TPSA) is 66.5 Å². The van der Waals surface area contributed by atoms with Gasteiger partial charge in [0.15, 0.2) is 0 Å². The van der Waals surface area contributed by atoms with Crippen LogP contribution in [0.3, 0.4) is 0 Å². The van der Waals surface area contributed by atoms with Crippen molar-refractivity contribution in [3.63, 3.8) is 0 Å². The van der Waals surface area contributed by atoms with Crippen molar-refractivity contribution in [1.82, 2.24) is 9.62 Å². The molecule has 0 saturated carbocycles.